The van der Waals surface area contributed by atoms with Crippen molar-refractivity contribution in [3.8, 4) is 17.6 Å². The van der Waals surface area contributed by atoms with Crippen molar-refractivity contribution in [2.45, 2.75) is 58.0 Å². The van der Waals surface area contributed by atoms with E-state index in [-0.39, 0.29) is 34.1 Å². The summed E-state index contributed by atoms with van der Waals surface area (Å²) in [6.45, 7) is 8.54. The number of nitriles is 1. The molecular formula is C24H27FN2O2. The van der Waals surface area contributed by atoms with Crippen molar-refractivity contribution in [1.82, 2.24) is 5.32 Å². The molecular weight excluding hydrogens is 367 g/mol. The van der Waals surface area contributed by atoms with E-state index in [1.54, 1.807) is 30.3 Å². The highest BCUT2D eigenvalue weighted by molar-refractivity contribution is 5.96. The zero-order valence-electron chi connectivity index (χ0n) is 17.4. The summed E-state index contributed by atoms with van der Waals surface area (Å²) in [4.78, 5) is 12.8. The van der Waals surface area contributed by atoms with E-state index in [0.29, 0.717) is 17.7 Å². The van der Waals surface area contributed by atoms with Crippen LogP contribution in [0.1, 0.15) is 62.9 Å². The molecule has 1 saturated heterocycles. The number of nitrogens with one attached hydrogen (secondary N) is 1. The van der Waals surface area contributed by atoms with Crippen LogP contribution in [0.4, 0.5) is 4.39 Å². The number of ketones is 1. The highest BCUT2D eigenvalue weighted by Crippen LogP contribution is 2.35. The number of hydrogen-bond donors (Lipinski definition) is 1. The molecule has 3 rings (SSSR count). The van der Waals surface area contributed by atoms with Crippen molar-refractivity contribution in [1.29, 1.82) is 5.26 Å². The van der Waals surface area contributed by atoms with Crippen molar-refractivity contribution in [2.75, 3.05) is 0 Å². The molecule has 1 fully saturated rings. The van der Waals surface area contributed by atoms with Gasteiger partial charge in [0.25, 0.3) is 0 Å². The molecule has 0 amide bonds. The molecule has 5 heteroatoms. The molecule has 2 aromatic carbocycles. The molecule has 1 aliphatic heterocycles. The first kappa shape index (κ1) is 21.0. The minimum Gasteiger partial charge on any atom is -0.456 e. The van der Waals surface area contributed by atoms with Crippen LogP contribution in [0.5, 0.6) is 11.5 Å². The van der Waals surface area contributed by atoms with Gasteiger partial charge in [-0.1, -0.05) is 12.1 Å². The van der Waals surface area contributed by atoms with Crippen molar-refractivity contribution in [3.05, 3.63) is 59.4 Å². The molecule has 0 atom stereocenters. The van der Waals surface area contributed by atoms with Gasteiger partial charge < -0.3 is 10.1 Å². The van der Waals surface area contributed by atoms with Gasteiger partial charge in [-0.2, -0.15) is 5.26 Å². The largest absolute Gasteiger partial charge is 0.456 e. The Labute approximate surface area is 171 Å². The van der Waals surface area contributed by atoms with Crippen LogP contribution < -0.4 is 10.1 Å². The van der Waals surface area contributed by atoms with Gasteiger partial charge in [0.15, 0.2) is 5.78 Å². The van der Waals surface area contributed by atoms with E-state index in [9.17, 15) is 9.18 Å². The Kier molecular flexibility index (Phi) is 5.77. The Hall–Kier alpha value is -2.71. The standard InChI is InChI=1S/C24H27FN2O2/c1-23(2)13-16(14-24(3,4)27-23)11-21(28)19-10-9-18(12-20(19)25)29-22-8-6-5-7-17(22)15-26/h5-10,12,16,27H,11,13-14H2,1-4H3. The van der Waals surface area contributed by atoms with Crippen LogP contribution in [0.25, 0.3) is 0 Å². The number of carbonyl (C=O) groups is 1. The van der Waals surface area contributed by atoms with Gasteiger partial charge in [0.2, 0.25) is 0 Å². The second-order valence-corrected chi connectivity index (χ2v) is 9.15. The number of ether oxygens (including phenoxy) is 1. The number of carbonyl (C=O) groups excluding carboxylic acids is 1. The van der Waals surface area contributed by atoms with Gasteiger partial charge in [0.05, 0.1) is 11.1 Å². The van der Waals surface area contributed by atoms with E-state index < -0.39 is 5.82 Å². The molecule has 0 saturated carbocycles. The normalized spacial score (nSPS) is 18.1. The number of nitrogens with zero attached hydrogens (tertiary/aromatic N) is 1. The first-order valence-electron chi connectivity index (χ1n) is 9.88. The van der Waals surface area contributed by atoms with Crippen molar-refractivity contribution >= 4 is 5.78 Å². The predicted octanol–water partition coefficient (Wildman–Crippen LogP) is 5.62. The fourth-order valence-electron chi connectivity index (χ4n) is 4.61. The number of piperidine rings is 1. The SMILES string of the molecule is CC1(C)CC(CC(=O)c2ccc(Oc3ccccc3C#N)cc2F)CC(C)(C)N1. The highest BCUT2D eigenvalue weighted by Gasteiger charge is 2.38. The van der Waals surface area contributed by atoms with Crippen LogP contribution in [0, 0.1) is 23.1 Å². The summed E-state index contributed by atoms with van der Waals surface area (Å²) in [6.07, 6.45) is 2.06. The van der Waals surface area contributed by atoms with E-state index in [2.05, 4.69) is 33.0 Å². The van der Waals surface area contributed by atoms with E-state index >= 15 is 0 Å². The van der Waals surface area contributed by atoms with Gasteiger partial charge in [-0.05, 0) is 70.7 Å². The molecule has 0 bridgehead atoms. The molecule has 0 aliphatic carbocycles. The Morgan fingerprint density at radius 1 is 1.17 bits per heavy atom. The number of halogens is 1. The minimum atomic E-state index is -0.602. The first-order chi connectivity index (χ1) is 13.6. The van der Waals surface area contributed by atoms with Crippen molar-refractivity contribution < 1.29 is 13.9 Å². The lowest BCUT2D eigenvalue weighted by Gasteiger charge is -2.46. The molecule has 0 spiro atoms. The number of rotatable bonds is 5. The number of hydrogen-bond acceptors (Lipinski definition) is 4. The summed E-state index contributed by atoms with van der Waals surface area (Å²) in [5.74, 6) is 0.0180. The van der Waals surface area contributed by atoms with Gasteiger partial charge in [-0.3, -0.25) is 4.79 Å². The molecule has 0 radical (unpaired) electrons. The minimum absolute atomic E-state index is 0.0585. The van der Waals surface area contributed by atoms with Gasteiger partial charge in [0, 0.05) is 23.6 Å². The molecule has 0 aromatic heterocycles. The lowest BCUT2D eigenvalue weighted by Crippen LogP contribution is -2.57. The average molecular weight is 394 g/mol. The maximum absolute atomic E-state index is 14.7. The summed E-state index contributed by atoms with van der Waals surface area (Å²) >= 11 is 0. The summed E-state index contributed by atoms with van der Waals surface area (Å²) < 4.78 is 20.3. The molecule has 29 heavy (non-hydrogen) atoms. The third-order valence-electron chi connectivity index (χ3n) is 5.23. The van der Waals surface area contributed by atoms with E-state index in [1.807, 2.05) is 6.07 Å². The quantitative estimate of drug-likeness (QED) is 0.669. The Balaban J connectivity index is 1.73. The van der Waals surface area contributed by atoms with Crippen molar-refractivity contribution in [3.63, 3.8) is 0 Å². The van der Waals surface area contributed by atoms with E-state index in [4.69, 9.17) is 10.00 Å². The lowest BCUT2D eigenvalue weighted by molar-refractivity contribution is 0.0861. The molecule has 4 nitrogen and oxygen atoms in total. The van der Waals surface area contributed by atoms with Gasteiger partial charge >= 0.3 is 0 Å². The van der Waals surface area contributed by atoms with Gasteiger partial charge in [-0.25, -0.2) is 4.39 Å². The first-order valence-corrected chi connectivity index (χ1v) is 9.88. The van der Waals surface area contributed by atoms with Crippen LogP contribution in [0.3, 0.4) is 0 Å². The fourth-order valence-corrected chi connectivity index (χ4v) is 4.61. The summed E-state index contributed by atoms with van der Waals surface area (Å²) in [5, 5.41) is 12.7. The molecule has 0 unspecified atom stereocenters. The third kappa shape index (κ3) is 5.21. The van der Waals surface area contributed by atoms with Crippen LogP contribution in [-0.2, 0) is 0 Å². The maximum atomic E-state index is 14.7. The molecule has 1 aliphatic rings. The predicted molar refractivity (Wildman–Crippen MR) is 111 cm³/mol. The second kappa shape index (κ2) is 7.96. The lowest BCUT2D eigenvalue weighted by atomic mass is 9.74. The van der Waals surface area contributed by atoms with Gasteiger partial charge in [0.1, 0.15) is 23.4 Å². The molecule has 2 aromatic rings. The summed E-state index contributed by atoms with van der Waals surface area (Å²) in [6, 6.07) is 13.0. The van der Waals surface area contributed by atoms with Crippen LogP contribution in [0.2, 0.25) is 0 Å². The fraction of sp³-hybridized carbons (Fsp3) is 0.417. The highest BCUT2D eigenvalue weighted by atomic mass is 19.1. The second-order valence-electron chi connectivity index (χ2n) is 9.15. The Morgan fingerprint density at radius 2 is 1.83 bits per heavy atom. The van der Waals surface area contributed by atoms with Crippen LogP contribution in [0.15, 0.2) is 42.5 Å². The molecule has 1 heterocycles. The maximum Gasteiger partial charge on any atom is 0.166 e. The van der Waals surface area contributed by atoms with Crippen LogP contribution >= 0.6 is 0 Å². The zero-order chi connectivity index (χ0) is 21.2. The van der Waals surface area contributed by atoms with Crippen molar-refractivity contribution in [2.24, 2.45) is 5.92 Å². The topological polar surface area (TPSA) is 62.1 Å². The molecule has 152 valence electrons. The smallest absolute Gasteiger partial charge is 0.166 e. The monoisotopic (exact) mass is 394 g/mol. The zero-order valence-corrected chi connectivity index (χ0v) is 17.4. The summed E-state index contributed by atoms with van der Waals surface area (Å²) in [7, 11) is 0. The average Bonchev–Trinajstić information content (AvgIpc) is 2.59. The summed E-state index contributed by atoms with van der Waals surface area (Å²) in [5.41, 5.74) is 0.331. The van der Waals surface area contributed by atoms with E-state index in [1.165, 1.54) is 12.1 Å². The van der Waals surface area contributed by atoms with E-state index in [0.717, 1.165) is 12.8 Å². The molecule has 1 N–H and O–H groups in total. The Morgan fingerprint density at radius 3 is 2.45 bits per heavy atom. The van der Waals surface area contributed by atoms with Gasteiger partial charge in [-0.15, -0.1) is 0 Å². The van der Waals surface area contributed by atoms with Crippen LogP contribution in [-0.4, -0.2) is 16.9 Å². The Bertz CT molecular complexity index is 944. The third-order valence-corrected chi connectivity index (χ3v) is 5.23. The number of benzene rings is 2. The number of Topliss-reactive ketones (excluding diaryl/α,β-unsaturated/α-hetero) is 1. The number of para-hydroxylation sites is 1.